The fourth-order valence-electron chi connectivity index (χ4n) is 12.5. The Bertz CT molecular complexity index is 4230. The molecule has 0 saturated heterocycles. The summed E-state index contributed by atoms with van der Waals surface area (Å²) in [5.41, 5.74) is 29.4. The van der Waals surface area contributed by atoms with Crippen molar-refractivity contribution in [3.05, 3.63) is 248 Å². The van der Waals surface area contributed by atoms with Crippen LogP contribution in [0.5, 0.6) is 0 Å². The first-order valence-electron chi connectivity index (χ1n) is 28.0. The molecule has 12 rings (SSSR count). The van der Waals surface area contributed by atoms with Crippen LogP contribution < -0.4 is 5.32 Å². The number of nitrogens with one attached hydrogen (secondary N) is 3. The number of aromatic nitrogens is 7. The molecule has 8 bridgehead atoms. The van der Waals surface area contributed by atoms with Gasteiger partial charge in [-0.2, -0.15) is 0 Å². The van der Waals surface area contributed by atoms with Gasteiger partial charge in [0.25, 0.3) is 5.91 Å². The highest BCUT2D eigenvalue weighted by molar-refractivity contribution is 6.08. The summed E-state index contributed by atoms with van der Waals surface area (Å²) in [5, 5.41) is 3.31. The van der Waals surface area contributed by atoms with Gasteiger partial charge in [0.15, 0.2) is 0 Å². The summed E-state index contributed by atoms with van der Waals surface area (Å²) in [4.78, 5) is 50.1. The molecule has 404 valence electrons. The highest BCUT2D eigenvalue weighted by Gasteiger charge is 2.24. The van der Waals surface area contributed by atoms with Crippen LogP contribution >= 0.6 is 0 Å². The van der Waals surface area contributed by atoms with Crippen LogP contribution in [0.2, 0.25) is 0 Å². The molecule has 82 heavy (non-hydrogen) atoms. The number of benzene rings is 4. The van der Waals surface area contributed by atoms with Gasteiger partial charge in [-0.15, -0.1) is 0 Å². The van der Waals surface area contributed by atoms with E-state index >= 15 is 0 Å². The lowest BCUT2D eigenvalue weighted by Crippen LogP contribution is -2.24. The highest BCUT2D eigenvalue weighted by atomic mass is 16.1. The molecule has 0 radical (unpaired) electrons. The Morgan fingerprint density at radius 3 is 1.18 bits per heavy atom. The van der Waals surface area contributed by atoms with Gasteiger partial charge in [-0.1, -0.05) is 83.4 Å². The molecule has 3 N–H and O–H groups in total. The van der Waals surface area contributed by atoms with Crippen molar-refractivity contribution in [3.8, 4) is 44.5 Å². The standard InChI is InChI=1S/C72H65N9O/c1-42-32-45(4)65(46(5)33-42)69-59-24-22-57(76-59)68(55-18-10-11-19-56(55)80-72(82)51-20-21-54(75-38-51)41-81(39-52-16-12-14-30-73-52)40-53-17-13-15-31-74-53)58-23-25-60(77-58)70(66-47(6)34-43(2)35-48(66)7)62-27-29-64(79-62)71(63-28-26-61(69)78-63)67-49(8)36-44(3)37-50(67)9/h10-38,76,79H,39-41H2,1-9H3,(H,80,82). The number of amides is 1. The Labute approximate surface area is 479 Å². The summed E-state index contributed by atoms with van der Waals surface area (Å²) >= 11 is 0. The largest absolute Gasteiger partial charge is 0.354 e. The minimum atomic E-state index is -0.280. The molecule has 0 atom stereocenters. The van der Waals surface area contributed by atoms with Gasteiger partial charge in [0.2, 0.25) is 0 Å². The van der Waals surface area contributed by atoms with Crippen molar-refractivity contribution < 1.29 is 4.79 Å². The summed E-state index contributed by atoms with van der Waals surface area (Å²) in [6.45, 7) is 21.4. The number of rotatable bonds is 12. The Hall–Kier alpha value is -9.64. The minimum absolute atomic E-state index is 0.280. The van der Waals surface area contributed by atoms with E-state index in [1.54, 1.807) is 6.20 Å². The Morgan fingerprint density at radius 2 is 0.793 bits per heavy atom. The van der Waals surface area contributed by atoms with Gasteiger partial charge >= 0.3 is 0 Å². The van der Waals surface area contributed by atoms with Gasteiger partial charge in [-0.05, 0) is 203 Å². The highest BCUT2D eigenvalue weighted by Crippen LogP contribution is 2.43. The normalized spacial score (nSPS) is 11.9. The summed E-state index contributed by atoms with van der Waals surface area (Å²) in [6, 6.07) is 45.9. The van der Waals surface area contributed by atoms with Crippen LogP contribution in [-0.2, 0) is 19.6 Å². The number of nitrogens with zero attached hydrogens (tertiary/aromatic N) is 6. The Morgan fingerprint density at radius 1 is 0.415 bits per heavy atom. The number of carbonyl (C=O) groups excluding carboxylic acids is 1. The number of carbonyl (C=O) groups is 1. The van der Waals surface area contributed by atoms with E-state index in [9.17, 15) is 4.79 Å². The fraction of sp³-hybridized carbons (Fsp3) is 0.167. The second-order valence-electron chi connectivity index (χ2n) is 22.1. The van der Waals surface area contributed by atoms with Gasteiger partial charge in [-0.25, -0.2) is 9.97 Å². The third-order valence-corrected chi connectivity index (χ3v) is 15.7. The monoisotopic (exact) mass is 1070 g/mol. The lowest BCUT2D eigenvalue weighted by Gasteiger charge is -2.21. The number of anilines is 1. The molecule has 10 nitrogen and oxygen atoms in total. The van der Waals surface area contributed by atoms with E-state index in [4.69, 9.17) is 15.0 Å². The third-order valence-electron chi connectivity index (χ3n) is 15.7. The molecular formula is C72H65N9O. The molecule has 0 fully saturated rings. The summed E-state index contributed by atoms with van der Waals surface area (Å²) < 4.78 is 0. The summed E-state index contributed by atoms with van der Waals surface area (Å²) in [5.74, 6) is -0.280. The van der Waals surface area contributed by atoms with Crippen LogP contribution in [0, 0.1) is 62.3 Å². The molecule has 0 spiro atoms. The first-order chi connectivity index (χ1) is 39.7. The fourth-order valence-corrected chi connectivity index (χ4v) is 12.5. The SMILES string of the molecule is Cc1cc(C)c(-c2c3nc(c(-c4c(C)cc(C)cc4C)c4ccc([nH]4)c(-c4c(C)cc(C)cc4C)c4nc(c(-c5ccccc5NC(=O)c5ccc(CN(Cc6ccccn6)Cc6ccccn6)nc5)c5ccc2[nH]5)C=C4)C=C3)c(C)c1. The van der Waals surface area contributed by atoms with Crippen molar-refractivity contribution in [2.24, 2.45) is 0 Å². The number of fused-ring (bicyclic) bond motifs is 8. The lowest BCUT2D eigenvalue weighted by atomic mass is 9.92. The van der Waals surface area contributed by atoms with Crippen molar-refractivity contribution in [2.75, 3.05) is 5.32 Å². The number of H-pyrrole nitrogens is 2. The van der Waals surface area contributed by atoms with E-state index in [0.29, 0.717) is 30.9 Å². The van der Waals surface area contributed by atoms with Gasteiger partial charge in [0, 0.05) is 93.8 Å². The molecule has 1 amide bonds. The van der Waals surface area contributed by atoms with E-state index in [0.717, 1.165) is 129 Å². The topological polar surface area (TPSA) is 128 Å². The molecule has 10 heteroatoms. The molecule has 6 aromatic heterocycles. The van der Waals surface area contributed by atoms with Gasteiger partial charge in [0.05, 0.1) is 45.4 Å². The number of para-hydroxylation sites is 1. The summed E-state index contributed by atoms with van der Waals surface area (Å²) in [7, 11) is 0. The Kier molecular flexibility index (Phi) is 14.3. The van der Waals surface area contributed by atoms with Crippen molar-refractivity contribution in [2.45, 2.75) is 81.9 Å². The van der Waals surface area contributed by atoms with E-state index in [-0.39, 0.29) is 5.91 Å². The van der Waals surface area contributed by atoms with Crippen molar-refractivity contribution in [3.63, 3.8) is 0 Å². The van der Waals surface area contributed by atoms with Crippen LogP contribution in [0.3, 0.4) is 0 Å². The van der Waals surface area contributed by atoms with Gasteiger partial charge < -0.3 is 15.3 Å². The summed E-state index contributed by atoms with van der Waals surface area (Å²) in [6.07, 6.45) is 13.9. The lowest BCUT2D eigenvalue weighted by molar-refractivity contribution is 0.102. The number of hydrogen-bond donors (Lipinski definition) is 3. The van der Waals surface area contributed by atoms with Gasteiger partial charge in [0.1, 0.15) is 0 Å². The van der Waals surface area contributed by atoms with Crippen LogP contribution in [0.25, 0.3) is 90.9 Å². The van der Waals surface area contributed by atoms with Crippen molar-refractivity contribution >= 4 is 58.0 Å². The second-order valence-corrected chi connectivity index (χ2v) is 22.1. The number of pyridine rings is 3. The zero-order valence-corrected chi connectivity index (χ0v) is 48.0. The number of aromatic amines is 2. The van der Waals surface area contributed by atoms with Crippen LogP contribution in [0.4, 0.5) is 5.69 Å². The first-order valence-corrected chi connectivity index (χ1v) is 28.0. The minimum Gasteiger partial charge on any atom is -0.354 e. The zero-order chi connectivity index (χ0) is 56.8. The smallest absolute Gasteiger partial charge is 0.257 e. The average molecular weight is 1070 g/mol. The quantitative estimate of drug-likeness (QED) is 0.111. The molecular weight excluding hydrogens is 1010 g/mol. The number of hydrogen-bond acceptors (Lipinski definition) is 7. The van der Waals surface area contributed by atoms with Crippen LogP contribution in [0.15, 0.2) is 152 Å². The van der Waals surface area contributed by atoms with Crippen molar-refractivity contribution in [1.29, 1.82) is 0 Å². The third kappa shape index (κ3) is 10.5. The average Bonchev–Trinajstić information content (AvgIpc) is 4.39. The molecule has 0 unspecified atom stereocenters. The molecule has 10 aromatic rings. The van der Waals surface area contributed by atoms with Crippen LogP contribution in [0.1, 0.15) is 100 Å². The second kappa shape index (κ2) is 22.1. The van der Waals surface area contributed by atoms with E-state index in [1.807, 2.05) is 79.1 Å². The van der Waals surface area contributed by atoms with Crippen molar-refractivity contribution in [1.82, 2.24) is 39.8 Å². The first kappa shape index (κ1) is 53.0. The number of aryl methyl sites for hydroxylation is 9. The van der Waals surface area contributed by atoms with E-state index in [1.165, 1.54) is 27.8 Å². The maximum absolute atomic E-state index is 14.6. The van der Waals surface area contributed by atoms with Gasteiger partial charge in [-0.3, -0.25) is 24.6 Å². The molecule has 0 saturated carbocycles. The van der Waals surface area contributed by atoms with Crippen LogP contribution in [-0.4, -0.2) is 45.7 Å². The molecule has 8 heterocycles. The maximum atomic E-state index is 14.6. The molecule has 4 aromatic carbocycles. The predicted octanol–water partition coefficient (Wildman–Crippen LogP) is 16.7. The molecule has 0 aliphatic carbocycles. The maximum Gasteiger partial charge on any atom is 0.257 e. The zero-order valence-electron chi connectivity index (χ0n) is 48.0. The van der Waals surface area contributed by atoms with E-state index < -0.39 is 0 Å². The van der Waals surface area contributed by atoms with E-state index in [2.05, 4.69) is 184 Å². The predicted molar refractivity (Wildman–Crippen MR) is 337 cm³/mol. The molecule has 2 aliphatic heterocycles. The molecule has 2 aliphatic rings. The Balaban J connectivity index is 1.05.